The van der Waals surface area contributed by atoms with Gasteiger partial charge in [-0.15, -0.1) is 0 Å². The monoisotopic (exact) mass is 374 g/mol. The van der Waals surface area contributed by atoms with Gasteiger partial charge in [0.05, 0.1) is 13.0 Å². The Morgan fingerprint density at radius 3 is 2.14 bits per heavy atom. The average Bonchev–Trinajstić information content (AvgIpc) is 2.74. The van der Waals surface area contributed by atoms with Gasteiger partial charge in [0, 0.05) is 12.0 Å². The van der Waals surface area contributed by atoms with Crippen LogP contribution in [0.3, 0.4) is 0 Å². The lowest BCUT2D eigenvalue weighted by Crippen LogP contribution is -2.42. The van der Waals surface area contributed by atoms with E-state index in [4.69, 9.17) is 4.74 Å². The molecule has 3 rings (SSSR count). The highest BCUT2D eigenvalue weighted by Crippen LogP contribution is 2.14. The minimum absolute atomic E-state index is 0.198. The SMILES string of the molecule is O=C(Cc1ccccc1)NNC(=O)c1cccc(OCCc2ccccc2)c1. The summed E-state index contributed by atoms with van der Waals surface area (Å²) in [6.45, 7) is 0.517. The molecule has 0 saturated heterocycles. The van der Waals surface area contributed by atoms with Crippen LogP contribution >= 0.6 is 0 Å². The number of rotatable bonds is 7. The molecule has 0 aliphatic heterocycles. The number of ether oxygens (including phenoxy) is 1. The molecule has 5 heteroatoms. The molecule has 2 N–H and O–H groups in total. The second kappa shape index (κ2) is 9.92. The zero-order valence-electron chi connectivity index (χ0n) is 15.4. The number of hydrazine groups is 1. The summed E-state index contributed by atoms with van der Waals surface area (Å²) >= 11 is 0. The quantitative estimate of drug-likeness (QED) is 0.624. The van der Waals surface area contributed by atoms with Crippen molar-refractivity contribution in [2.45, 2.75) is 12.8 Å². The number of amides is 2. The van der Waals surface area contributed by atoms with Crippen molar-refractivity contribution < 1.29 is 14.3 Å². The summed E-state index contributed by atoms with van der Waals surface area (Å²) in [5.74, 6) is -0.0658. The maximum Gasteiger partial charge on any atom is 0.269 e. The fraction of sp³-hybridized carbons (Fsp3) is 0.130. The predicted octanol–water partition coefficient (Wildman–Crippen LogP) is 3.31. The van der Waals surface area contributed by atoms with Gasteiger partial charge in [-0.2, -0.15) is 0 Å². The third-order valence-electron chi connectivity index (χ3n) is 4.12. The second-order valence-electron chi connectivity index (χ2n) is 6.28. The smallest absolute Gasteiger partial charge is 0.269 e. The van der Waals surface area contributed by atoms with E-state index >= 15 is 0 Å². The van der Waals surface area contributed by atoms with Crippen molar-refractivity contribution in [3.8, 4) is 5.75 Å². The van der Waals surface area contributed by atoms with Crippen molar-refractivity contribution in [2.24, 2.45) is 0 Å². The van der Waals surface area contributed by atoms with E-state index in [9.17, 15) is 9.59 Å². The normalized spacial score (nSPS) is 10.1. The fourth-order valence-corrected chi connectivity index (χ4v) is 2.68. The molecule has 3 aromatic rings. The minimum Gasteiger partial charge on any atom is -0.493 e. The number of carbonyl (C=O) groups excluding carboxylic acids is 2. The number of carbonyl (C=O) groups is 2. The number of benzene rings is 3. The van der Waals surface area contributed by atoms with Crippen molar-refractivity contribution in [2.75, 3.05) is 6.61 Å². The maximum absolute atomic E-state index is 12.3. The molecule has 0 saturated carbocycles. The van der Waals surface area contributed by atoms with E-state index in [-0.39, 0.29) is 12.3 Å². The first-order valence-corrected chi connectivity index (χ1v) is 9.10. The van der Waals surface area contributed by atoms with Gasteiger partial charge in [-0.3, -0.25) is 20.4 Å². The van der Waals surface area contributed by atoms with Gasteiger partial charge in [0.2, 0.25) is 5.91 Å². The Kier molecular flexibility index (Phi) is 6.79. The van der Waals surface area contributed by atoms with Crippen molar-refractivity contribution >= 4 is 11.8 Å². The van der Waals surface area contributed by atoms with Gasteiger partial charge in [0.1, 0.15) is 5.75 Å². The molecule has 0 aliphatic carbocycles. The zero-order valence-corrected chi connectivity index (χ0v) is 15.4. The zero-order chi connectivity index (χ0) is 19.6. The Labute approximate surface area is 164 Å². The van der Waals surface area contributed by atoms with Crippen LogP contribution in [0.25, 0.3) is 0 Å². The molecule has 28 heavy (non-hydrogen) atoms. The summed E-state index contributed by atoms with van der Waals surface area (Å²) in [5.41, 5.74) is 7.35. The minimum atomic E-state index is -0.394. The fourth-order valence-electron chi connectivity index (χ4n) is 2.68. The van der Waals surface area contributed by atoms with Gasteiger partial charge >= 0.3 is 0 Å². The Balaban J connectivity index is 1.47. The van der Waals surface area contributed by atoms with E-state index in [0.29, 0.717) is 17.9 Å². The molecule has 0 atom stereocenters. The number of hydrogen-bond donors (Lipinski definition) is 2. The molecule has 0 heterocycles. The first-order valence-electron chi connectivity index (χ1n) is 9.10. The summed E-state index contributed by atoms with van der Waals surface area (Å²) in [4.78, 5) is 24.2. The summed E-state index contributed by atoms with van der Waals surface area (Å²) in [6, 6.07) is 26.3. The largest absolute Gasteiger partial charge is 0.493 e. The highest BCUT2D eigenvalue weighted by Gasteiger charge is 2.09. The van der Waals surface area contributed by atoms with Gasteiger partial charge in [-0.25, -0.2) is 0 Å². The predicted molar refractivity (Wildman–Crippen MR) is 108 cm³/mol. The van der Waals surface area contributed by atoms with Gasteiger partial charge in [0.25, 0.3) is 5.91 Å². The Bertz CT molecular complexity index is 911. The van der Waals surface area contributed by atoms with Crippen LogP contribution in [0, 0.1) is 0 Å². The second-order valence-corrected chi connectivity index (χ2v) is 6.28. The van der Waals surface area contributed by atoms with Gasteiger partial charge in [-0.05, 0) is 29.3 Å². The van der Waals surface area contributed by atoms with E-state index < -0.39 is 5.91 Å². The molecular weight excluding hydrogens is 352 g/mol. The first-order chi connectivity index (χ1) is 13.7. The molecule has 0 bridgehead atoms. The highest BCUT2D eigenvalue weighted by molar-refractivity contribution is 5.95. The Hall–Kier alpha value is -3.60. The Morgan fingerprint density at radius 2 is 1.43 bits per heavy atom. The Morgan fingerprint density at radius 1 is 0.750 bits per heavy atom. The lowest BCUT2D eigenvalue weighted by molar-refractivity contribution is -0.121. The van der Waals surface area contributed by atoms with Crippen molar-refractivity contribution in [1.82, 2.24) is 10.9 Å². The van der Waals surface area contributed by atoms with Gasteiger partial charge in [0.15, 0.2) is 0 Å². The summed E-state index contributed by atoms with van der Waals surface area (Å²) in [6.07, 6.45) is 0.983. The number of hydrogen-bond acceptors (Lipinski definition) is 3. The topological polar surface area (TPSA) is 67.4 Å². The van der Waals surface area contributed by atoms with Crippen LogP contribution in [0.2, 0.25) is 0 Å². The molecule has 142 valence electrons. The standard InChI is InChI=1S/C23H22N2O3/c26-22(16-19-10-5-2-6-11-19)24-25-23(27)20-12-7-13-21(17-20)28-15-14-18-8-3-1-4-9-18/h1-13,17H,14-16H2,(H,24,26)(H,25,27). The molecular formula is C23H22N2O3. The van der Waals surface area contributed by atoms with E-state index in [1.54, 1.807) is 24.3 Å². The molecule has 0 aromatic heterocycles. The maximum atomic E-state index is 12.3. The van der Waals surface area contributed by atoms with Crippen LogP contribution in [0.5, 0.6) is 5.75 Å². The first kappa shape index (κ1) is 19.2. The van der Waals surface area contributed by atoms with Crippen LogP contribution in [-0.2, 0) is 17.6 Å². The van der Waals surface area contributed by atoms with Crippen molar-refractivity contribution in [3.05, 3.63) is 102 Å². The molecule has 0 spiro atoms. The number of nitrogens with one attached hydrogen (secondary N) is 2. The molecule has 5 nitrogen and oxygen atoms in total. The lowest BCUT2D eigenvalue weighted by atomic mass is 10.1. The third kappa shape index (κ3) is 5.99. The molecule has 2 amide bonds. The van der Waals surface area contributed by atoms with E-state index in [2.05, 4.69) is 10.9 Å². The van der Waals surface area contributed by atoms with Gasteiger partial charge < -0.3 is 4.74 Å². The lowest BCUT2D eigenvalue weighted by Gasteiger charge is -2.10. The summed E-state index contributed by atoms with van der Waals surface area (Å²) < 4.78 is 5.74. The van der Waals surface area contributed by atoms with E-state index in [1.807, 2.05) is 60.7 Å². The molecule has 3 aromatic carbocycles. The summed E-state index contributed by atoms with van der Waals surface area (Å²) in [5, 5.41) is 0. The summed E-state index contributed by atoms with van der Waals surface area (Å²) in [7, 11) is 0. The van der Waals surface area contributed by atoms with Crippen LogP contribution in [0.4, 0.5) is 0 Å². The van der Waals surface area contributed by atoms with Crippen molar-refractivity contribution in [3.63, 3.8) is 0 Å². The van der Waals surface area contributed by atoms with Gasteiger partial charge in [-0.1, -0.05) is 66.7 Å². The highest BCUT2D eigenvalue weighted by atomic mass is 16.5. The molecule has 0 unspecified atom stereocenters. The van der Waals surface area contributed by atoms with Crippen LogP contribution < -0.4 is 15.6 Å². The molecule has 0 aliphatic rings. The van der Waals surface area contributed by atoms with E-state index in [0.717, 1.165) is 12.0 Å². The van der Waals surface area contributed by atoms with E-state index in [1.165, 1.54) is 5.56 Å². The molecule has 0 fully saturated rings. The van der Waals surface area contributed by atoms with Crippen LogP contribution in [0.15, 0.2) is 84.9 Å². The van der Waals surface area contributed by atoms with Crippen molar-refractivity contribution in [1.29, 1.82) is 0 Å². The van der Waals surface area contributed by atoms with Crippen LogP contribution in [-0.4, -0.2) is 18.4 Å². The third-order valence-corrected chi connectivity index (χ3v) is 4.12. The van der Waals surface area contributed by atoms with Crippen LogP contribution in [0.1, 0.15) is 21.5 Å². The average molecular weight is 374 g/mol. The molecule has 0 radical (unpaired) electrons.